The average molecular weight is 445 g/mol. The number of ether oxygens (including phenoxy) is 1. The van der Waals surface area contributed by atoms with Crippen LogP contribution >= 0.6 is 0 Å². The maximum absolute atomic E-state index is 13.6. The fourth-order valence-corrected chi connectivity index (χ4v) is 3.83. The van der Waals surface area contributed by atoms with Gasteiger partial charge in [-0.3, -0.25) is 9.59 Å². The lowest BCUT2D eigenvalue weighted by molar-refractivity contribution is -0.133. The molecular formula is C25H20FN3O4. The number of fused-ring (bicyclic) bond motifs is 2. The van der Waals surface area contributed by atoms with Crippen molar-refractivity contribution in [3.8, 4) is 17.1 Å². The van der Waals surface area contributed by atoms with Gasteiger partial charge in [-0.15, -0.1) is 0 Å². The Hall–Kier alpha value is -4.20. The minimum absolute atomic E-state index is 0.126. The van der Waals surface area contributed by atoms with E-state index in [1.54, 1.807) is 23.1 Å². The molecule has 0 unspecified atom stereocenters. The summed E-state index contributed by atoms with van der Waals surface area (Å²) < 4.78 is 24.6. The molecule has 2 amide bonds. The van der Waals surface area contributed by atoms with Crippen molar-refractivity contribution in [3.63, 3.8) is 0 Å². The number of nitrogens with zero attached hydrogens (tertiary/aromatic N) is 2. The zero-order valence-electron chi connectivity index (χ0n) is 17.6. The van der Waals surface area contributed by atoms with E-state index in [9.17, 15) is 14.0 Å². The number of rotatable bonds is 5. The highest BCUT2D eigenvalue weighted by Crippen LogP contribution is 2.29. The molecule has 166 valence electrons. The van der Waals surface area contributed by atoms with E-state index >= 15 is 0 Å². The highest BCUT2D eigenvalue weighted by molar-refractivity contribution is 6.01. The largest absolute Gasteiger partial charge is 0.483 e. The van der Waals surface area contributed by atoms with Crippen LogP contribution in [0.3, 0.4) is 0 Å². The molecule has 4 aromatic rings. The topological polar surface area (TPSA) is 84.7 Å². The number of hydrogen-bond acceptors (Lipinski definition) is 5. The highest BCUT2D eigenvalue weighted by Gasteiger charge is 2.22. The van der Waals surface area contributed by atoms with Gasteiger partial charge in [0.25, 0.3) is 11.8 Å². The molecular weight excluding hydrogens is 425 g/mol. The lowest BCUT2D eigenvalue weighted by Crippen LogP contribution is -2.39. The number of hydrogen-bond donors (Lipinski definition) is 1. The second kappa shape index (κ2) is 8.74. The molecule has 0 atom stereocenters. The van der Waals surface area contributed by atoms with Crippen LogP contribution in [0.4, 0.5) is 4.39 Å². The fourth-order valence-electron chi connectivity index (χ4n) is 3.83. The standard InChI is InChI=1S/C25H20FN3O4/c26-19-7-9-22-18(12-19)14-29(23(30)15-32-22)11-10-27-25(31)17-6-8-21-20(13-17)24(33-28-21)16-4-2-1-3-5-16/h1-9,12-13H,10-11,14-15H2,(H,27,31). The SMILES string of the molecule is O=C(NCCN1Cc2cc(F)ccc2OCC1=O)c1ccc2noc(-c3ccccc3)c2c1. The third-order valence-corrected chi connectivity index (χ3v) is 5.53. The Kier molecular flexibility index (Phi) is 5.48. The first-order valence-corrected chi connectivity index (χ1v) is 10.5. The van der Waals surface area contributed by atoms with Gasteiger partial charge in [-0.05, 0) is 36.4 Å². The molecule has 0 saturated carbocycles. The van der Waals surface area contributed by atoms with Crippen LogP contribution in [0.15, 0.2) is 71.3 Å². The molecule has 8 heteroatoms. The van der Waals surface area contributed by atoms with Crippen molar-refractivity contribution < 1.29 is 23.2 Å². The average Bonchev–Trinajstić information content (AvgIpc) is 3.19. The monoisotopic (exact) mass is 445 g/mol. The van der Waals surface area contributed by atoms with Gasteiger partial charge in [-0.2, -0.15) is 0 Å². The van der Waals surface area contributed by atoms with Crippen molar-refractivity contribution in [2.24, 2.45) is 0 Å². The summed E-state index contributed by atoms with van der Waals surface area (Å²) in [6, 6.07) is 18.9. The number of benzene rings is 3. The Bertz CT molecular complexity index is 1340. The molecule has 0 fully saturated rings. The van der Waals surface area contributed by atoms with Crippen molar-refractivity contribution >= 4 is 22.7 Å². The first kappa shape index (κ1) is 20.7. The molecule has 0 aliphatic carbocycles. The van der Waals surface area contributed by atoms with Gasteiger partial charge >= 0.3 is 0 Å². The second-order valence-corrected chi connectivity index (χ2v) is 7.72. The maximum Gasteiger partial charge on any atom is 0.260 e. The van der Waals surface area contributed by atoms with Gasteiger partial charge in [0.1, 0.15) is 17.1 Å². The smallest absolute Gasteiger partial charge is 0.260 e. The van der Waals surface area contributed by atoms with E-state index in [1.807, 2.05) is 30.3 Å². The first-order chi connectivity index (χ1) is 16.1. The summed E-state index contributed by atoms with van der Waals surface area (Å²) in [5.74, 6) is 0.203. The molecule has 2 heterocycles. The lowest BCUT2D eigenvalue weighted by Gasteiger charge is -2.20. The molecule has 1 N–H and O–H groups in total. The number of amides is 2. The minimum atomic E-state index is -0.390. The van der Waals surface area contributed by atoms with Crippen molar-refractivity contribution in [2.75, 3.05) is 19.7 Å². The van der Waals surface area contributed by atoms with E-state index in [0.717, 1.165) is 10.9 Å². The van der Waals surface area contributed by atoms with Gasteiger partial charge in [0, 0.05) is 36.3 Å². The summed E-state index contributed by atoms with van der Waals surface area (Å²) in [6.45, 7) is 0.602. The molecule has 1 aromatic heterocycles. The molecule has 0 radical (unpaired) electrons. The summed E-state index contributed by atoms with van der Waals surface area (Å²) in [5.41, 5.74) is 2.59. The predicted molar refractivity (Wildman–Crippen MR) is 119 cm³/mol. The van der Waals surface area contributed by atoms with Crippen LogP contribution in [-0.2, 0) is 11.3 Å². The summed E-state index contributed by atoms with van der Waals surface area (Å²) in [6.07, 6.45) is 0. The number of nitrogens with one attached hydrogen (secondary N) is 1. The van der Waals surface area contributed by atoms with E-state index in [2.05, 4.69) is 10.5 Å². The highest BCUT2D eigenvalue weighted by atomic mass is 19.1. The van der Waals surface area contributed by atoms with Crippen LogP contribution in [0.1, 0.15) is 15.9 Å². The number of carbonyl (C=O) groups excluding carboxylic acids is 2. The Morgan fingerprint density at radius 2 is 1.94 bits per heavy atom. The zero-order valence-corrected chi connectivity index (χ0v) is 17.6. The molecule has 5 rings (SSSR count). The maximum atomic E-state index is 13.6. The van der Waals surface area contributed by atoms with E-state index in [1.165, 1.54) is 18.2 Å². The van der Waals surface area contributed by atoms with E-state index in [0.29, 0.717) is 28.2 Å². The normalized spacial score (nSPS) is 13.4. The molecule has 0 saturated heterocycles. The number of carbonyl (C=O) groups is 2. The van der Waals surface area contributed by atoms with E-state index in [-0.39, 0.29) is 43.9 Å². The molecule has 0 spiro atoms. The van der Waals surface area contributed by atoms with Crippen molar-refractivity contribution in [1.29, 1.82) is 0 Å². The Morgan fingerprint density at radius 1 is 1.09 bits per heavy atom. The second-order valence-electron chi connectivity index (χ2n) is 7.72. The molecule has 7 nitrogen and oxygen atoms in total. The molecule has 3 aromatic carbocycles. The minimum Gasteiger partial charge on any atom is -0.483 e. The van der Waals surface area contributed by atoms with Crippen molar-refractivity contribution in [3.05, 3.63) is 83.7 Å². The van der Waals surface area contributed by atoms with Gasteiger partial charge in [0.05, 0.1) is 5.39 Å². The molecule has 1 aliphatic heterocycles. The number of aromatic nitrogens is 1. The van der Waals surface area contributed by atoms with Gasteiger partial charge in [0.15, 0.2) is 12.4 Å². The summed E-state index contributed by atoms with van der Waals surface area (Å²) in [4.78, 5) is 26.7. The Labute approximate surface area is 188 Å². The summed E-state index contributed by atoms with van der Waals surface area (Å²) >= 11 is 0. The van der Waals surface area contributed by atoms with Gasteiger partial charge in [-0.25, -0.2) is 4.39 Å². The zero-order chi connectivity index (χ0) is 22.8. The van der Waals surface area contributed by atoms with Crippen LogP contribution in [0.5, 0.6) is 5.75 Å². The lowest BCUT2D eigenvalue weighted by atomic mass is 10.1. The third-order valence-electron chi connectivity index (χ3n) is 5.53. The summed E-state index contributed by atoms with van der Waals surface area (Å²) in [7, 11) is 0. The Balaban J connectivity index is 1.27. The fraction of sp³-hybridized carbons (Fsp3) is 0.160. The predicted octanol–water partition coefficient (Wildman–Crippen LogP) is 3.78. The van der Waals surface area contributed by atoms with Crippen molar-refractivity contribution in [1.82, 2.24) is 15.4 Å². The number of halogens is 1. The quantitative estimate of drug-likeness (QED) is 0.505. The Morgan fingerprint density at radius 3 is 2.79 bits per heavy atom. The van der Waals surface area contributed by atoms with E-state index in [4.69, 9.17) is 9.26 Å². The third kappa shape index (κ3) is 4.27. The van der Waals surface area contributed by atoms with Gasteiger partial charge in [0.2, 0.25) is 0 Å². The van der Waals surface area contributed by atoms with Gasteiger partial charge in [-0.1, -0.05) is 35.5 Å². The molecule has 0 bridgehead atoms. The van der Waals surface area contributed by atoms with Crippen LogP contribution in [0.2, 0.25) is 0 Å². The van der Waals surface area contributed by atoms with E-state index < -0.39 is 0 Å². The van der Waals surface area contributed by atoms with Crippen LogP contribution in [-0.4, -0.2) is 41.6 Å². The van der Waals surface area contributed by atoms with Crippen LogP contribution in [0, 0.1) is 5.82 Å². The molecule has 1 aliphatic rings. The molecule has 33 heavy (non-hydrogen) atoms. The van der Waals surface area contributed by atoms with Crippen molar-refractivity contribution in [2.45, 2.75) is 6.54 Å². The van der Waals surface area contributed by atoms with Crippen LogP contribution < -0.4 is 10.1 Å². The first-order valence-electron chi connectivity index (χ1n) is 10.5. The van der Waals surface area contributed by atoms with Crippen LogP contribution in [0.25, 0.3) is 22.2 Å². The summed E-state index contributed by atoms with van der Waals surface area (Å²) in [5, 5.41) is 7.65. The van der Waals surface area contributed by atoms with Gasteiger partial charge < -0.3 is 19.5 Å².